The number of benzene rings is 1. The lowest BCUT2D eigenvalue weighted by atomic mass is 9.97. The molecule has 3 nitrogen and oxygen atoms in total. The van der Waals surface area contributed by atoms with Crippen LogP contribution in [0.2, 0.25) is 0 Å². The minimum absolute atomic E-state index is 0.248. The Balaban J connectivity index is 2.22. The van der Waals surface area contributed by atoms with Crippen LogP contribution in [0.1, 0.15) is 36.9 Å². The van der Waals surface area contributed by atoms with Crippen molar-refractivity contribution in [1.82, 2.24) is 5.32 Å². The molecule has 1 unspecified atom stereocenters. The molecule has 6 heteroatoms. The molecule has 0 amide bonds. The Labute approximate surface area is 122 Å². The number of rotatable bonds is 6. The molecule has 1 heterocycles. The Morgan fingerprint density at radius 3 is 2.52 bits per heavy atom. The molecule has 0 aromatic heterocycles. The molecule has 2 rings (SSSR count). The van der Waals surface area contributed by atoms with E-state index in [1.54, 1.807) is 6.07 Å². The fraction of sp³-hybridized carbons (Fsp3) is 0.600. The van der Waals surface area contributed by atoms with E-state index in [2.05, 4.69) is 5.32 Å². The Kier molecular flexibility index (Phi) is 5.61. The lowest BCUT2D eigenvalue weighted by molar-refractivity contribution is -0.138. The van der Waals surface area contributed by atoms with Crippen molar-refractivity contribution in [1.29, 1.82) is 0 Å². The molecule has 1 aromatic rings. The molecule has 0 bridgehead atoms. The first-order chi connectivity index (χ1) is 10.0. The highest BCUT2D eigenvalue weighted by Gasteiger charge is 2.35. The summed E-state index contributed by atoms with van der Waals surface area (Å²) in [6, 6.07) is 5.23. The zero-order valence-corrected chi connectivity index (χ0v) is 12.0. The summed E-state index contributed by atoms with van der Waals surface area (Å²) in [5.74, 6) is 0. The average molecular weight is 303 g/mol. The topological polar surface area (TPSA) is 30.5 Å². The minimum Gasteiger partial charge on any atom is -0.350 e. The first-order valence-corrected chi connectivity index (χ1v) is 7.15. The van der Waals surface area contributed by atoms with Crippen LogP contribution in [-0.2, 0) is 15.7 Å². The summed E-state index contributed by atoms with van der Waals surface area (Å²) >= 11 is 0. The van der Waals surface area contributed by atoms with Crippen molar-refractivity contribution in [2.75, 3.05) is 19.8 Å². The normalized spacial score (nSPS) is 18.1. The lowest BCUT2D eigenvalue weighted by Crippen LogP contribution is -2.28. The van der Waals surface area contributed by atoms with Crippen LogP contribution >= 0.6 is 0 Å². The van der Waals surface area contributed by atoms with E-state index in [0.29, 0.717) is 26.2 Å². The van der Waals surface area contributed by atoms with Gasteiger partial charge in [0, 0.05) is 12.5 Å². The number of hydrogen-bond acceptors (Lipinski definition) is 3. The molecule has 0 spiro atoms. The highest BCUT2D eigenvalue weighted by Crippen LogP contribution is 2.36. The van der Waals surface area contributed by atoms with Gasteiger partial charge in [0.25, 0.3) is 0 Å². The van der Waals surface area contributed by atoms with Crippen molar-refractivity contribution in [3.63, 3.8) is 0 Å². The average Bonchev–Trinajstić information content (AvgIpc) is 2.95. The number of nitrogens with one attached hydrogen (secondary N) is 1. The lowest BCUT2D eigenvalue weighted by Gasteiger charge is -2.24. The summed E-state index contributed by atoms with van der Waals surface area (Å²) in [7, 11) is 0. The van der Waals surface area contributed by atoms with E-state index in [-0.39, 0.29) is 5.56 Å². The molecular formula is C15H20F3NO2. The zero-order valence-electron chi connectivity index (χ0n) is 12.0. The second kappa shape index (κ2) is 7.24. The molecule has 118 valence electrons. The second-order valence-electron chi connectivity index (χ2n) is 5.00. The van der Waals surface area contributed by atoms with Gasteiger partial charge in [0.15, 0.2) is 6.29 Å². The van der Waals surface area contributed by atoms with Crippen molar-refractivity contribution in [2.24, 2.45) is 0 Å². The Morgan fingerprint density at radius 1 is 1.24 bits per heavy atom. The van der Waals surface area contributed by atoms with Crippen LogP contribution in [0.4, 0.5) is 13.2 Å². The van der Waals surface area contributed by atoms with Crippen molar-refractivity contribution in [3.05, 3.63) is 35.4 Å². The van der Waals surface area contributed by atoms with Crippen LogP contribution in [0.15, 0.2) is 24.3 Å². The van der Waals surface area contributed by atoms with Crippen molar-refractivity contribution >= 4 is 0 Å². The maximum atomic E-state index is 13.2. The Bertz CT molecular complexity index is 445. The summed E-state index contributed by atoms with van der Waals surface area (Å²) in [5.41, 5.74) is -0.353. The van der Waals surface area contributed by atoms with Crippen molar-refractivity contribution in [3.8, 4) is 0 Å². The second-order valence-corrected chi connectivity index (χ2v) is 5.00. The predicted octanol–water partition coefficient (Wildman–Crippen LogP) is 3.51. The fourth-order valence-corrected chi connectivity index (χ4v) is 2.43. The van der Waals surface area contributed by atoms with Gasteiger partial charge in [-0.1, -0.05) is 25.1 Å². The van der Waals surface area contributed by atoms with Gasteiger partial charge in [-0.2, -0.15) is 13.2 Å². The molecule has 0 aliphatic carbocycles. The largest absolute Gasteiger partial charge is 0.416 e. The molecule has 1 fully saturated rings. The quantitative estimate of drug-likeness (QED) is 0.872. The highest BCUT2D eigenvalue weighted by molar-refractivity contribution is 5.32. The van der Waals surface area contributed by atoms with Crippen molar-refractivity contribution < 1.29 is 22.6 Å². The van der Waals surface area contributed by atoms with Gasteiger partial charge in [-0.3, -0.25) is 0 Å². The van der Waals surface area contributed by atoms with Gasteiger partial charge in [-0.25, -0.2) is 0 Å². The van der Waals surface area contributed by atoms with E-state index in [1.165, 1.54) is 12.1 Å². The van der Waals surface area contributed by atoms with Gasteiger partial charge in [0.2, 0.25) is 0 Å². The Hall–Kier alpha value is -1.11. The number of alkyl halides is 3. The van der Waals surface area contributed by atoms with E-state index < -0.39 is 24.1 Å². The maximum absolute atomic E-state index is 13.2. The van der Waals surface area contributed by atoms with Gasteiger partial charge < -0.3 is 14.8 Å². The summed E-state index contributed by atoms with van der Waals surface area (Å²) < 4.78 is 50.2. The highest BCUT2D eigenvalue weighted by atomic mass is 19.4. The predicted molar refractivity (Wildman–Crippen MR) is 72.8 cm³/mol. The third kappa shape index (κ3) is 4.43. The van der Waals surface area contributed by atoms with Gasteiger partial charge >= 0.3 is 6.18 Å². The van der Waals surface area contributed by atoms with E-state index in [0.717, 1.165) is 12.5 Å². The first kappa shape index (κ1) is 16.3. The van der Waals surface area contributed by atoms with Crippen molar-refractivity contribution in [2.45, 2.75) is 38.3 Å². The minimum atomic E-state index is -4.36. The van der Waals surface area contributed by atoms with Crippen LogP contribution < -0.4 is 5.32 Å². The number of halogens is 3. The molecule has 1 aliphatic heterocycles. The van der Waals surface area contributed by atoms with Crippen LogP contribution in [0, 0.1) is 0 Å². The third-order valence-corrected chi connectivity index (χ3v) is 3.40. The molecule has 0 saturated carbocycles. The molecule has 1 aromatic carbocycles. The summed E-state index contributed by atoms with van der Waals surface area (Å²) in [4.78, 5) is 0. The molecule has 1 atom stereocenters. The van der Waals surface area contributed by atoms with E-state index in [9.17, 15) is 13.2 Å². The molecule has 1 saturated heterocycles. The SMILES string of the molecule is CCCNC(CC1OCCO1)c1ccccc1C(F)(F)F. The molecular weight excluding hydrogens is 283 g/mol. The third-order valence-electron chi connectivity index (χ3n) is 3.40. The fourth-order valence-electron chi connectivity index (χ4n) is 2.43. The zero-order chi connectivity index (χ0) is 15.3. The van der Waals surface area contributed by atoms with Crippen LogP contribution in [0.5, 0.6) is 0 Å². The first-order valence-electron chi connectivity index (χ1n) is 7.15. The van der Waals surface area contributed by atoms with E-state index in [4.69, 9.17) is 9.47 Å². The van der Waals surface area contributed by atoms with Gasteiger partial charge in [-0.15, -0.1) is 0 Å². The molecule has 0 radical (unpaired) electrons. The molecule has 21 heavy (non-hydrogen) atoms. The molecule has 1 N–H and O–H groups in total. The van der Waals surface area contributed by atoms with Crippen LogP contribution in [0.25, 0.3) is 0 Å². The van der Waals surface area contributed by atoms with Gasteiger partial charge in [0.05, 0.1) is 18.8 Å². The maximum Gasteiger partial charge on any atom is 0.416 e. The summed E-state index contributed by atoms with van der Waals surface area (Å²) in [5, 5.41) is 3.17. The van der Waals surface area contributed by atoms with E-state index >= 15 is 0 Å². The Morgan fingerprint density at radius 2 is 1.90 bits per heavy atom. The van der Waals surface area contributed by atoms with Crippen LogP contribution in [-0.4, -0.2) is 26.0 Å². The van der Waals surface area contributed by atoms with Gasteiger partial charge in [-0.05, 0) is 24.6 Å². The van der Waals surface area contributed by atoms with E-state index in [1.807, 2.05) is 6.92 Å². The monoisotopic (exact) mass is 303 g/mol. The smallest absolute Gasteiger partial charge is 0.350 e. The summed E-state index contributed by atoms with van der Waals surface area (Å²) in [6.07, 6.45) is -3.59. The van der Waals surface area contributed by atoms with Gasteiger partial charge in [0.1, 0.15) is 0 Å². The summed E-state index contributed by atoms with van der Waals surface area (Å²) in [6.45, 7) is 3.60. The molecule has 1 aliphatic rings. The van der Waals surface area contributed by atoms with Crippen LogP contribution in [0.3, 0.4) is 0 Å². The number of hydrogen-bond donors (Lipinski definition) is 1. The number of ether oxygens (including phenoxy) is 2. The standard InChI is InChI=1S/C15H20F3NO2/c1-2-7-19-13(10-14-20-8-9-21-14)11-5-3-4-6-12(11)15(16,17)18/h3-6,13-14,19H,2,7-10H2,1H3.